The fraction of sp³-hybridized carbons (Fsp3) is 0.242. The second-order valence-corrected chi connectivity index (χ2v) is 11.0. The van der Waals surface area contributed by atoms with E-state index in [2.05, 4.69) is 0 Å². The topological polar surface area (TPSA) is 101 Å². The Morgan fingerprint density at radius 3 is 1.44 bits per heavy atom. The number of allylic oxidation sites excluding steroid dienone is 1. The molecule has 3 aromatic carbocycles. The number of carbonyl (C=O) groups excluding carboxylic acids is 5. The molecule has 8 heteroatoms. The van der Waals surface area contributed by atoms with Gasteiger partial charge in [-0.15, -0.1) is 0 Å². The molecule has 2 bridgehead atoms. The smallest absolute Gasteiger partial charge is 0.339 e. The Kier molecular flexibility index (Phi) is 5.92. The van der Waals surface area contributed by atoms with Gasteiger partial charge in [0.2, 0.25) is 23.6 Å². The van der Waals surface area contributed by atoms with Gasteiger partial charge in [-0.05, 0) is 23.3 Å². The fourth-order valence-electron chi connectivity index (χ4n) is 7.18. The summed E-state index contributed by atoms with van der Waals surface area (Å²) in [6.07, 6.45) is 1.63. The highest BCUT2D eigenvalue weighted by atomic mass is 16.5. The predicted octanol–water partition coefficient (Wildman–Crippen LogP) is 3.38. The van der Waals surface area contributed by atoms with Crippen molar-refractivity contribution in [3.63, 3.8) is 0 Å². The number of amides is 4. The lowest BCUT2D eigenvalue weighted by molar-refractivity contribution is -0.142. The quantitative estimate of drug-likeness (QED) is 0.267. The van der Waals surface area contributed by atoms with E-state index in [1.165, 1.54) is 9.80 Å². The van der Waals surface area contributed by atoms with Gasteiger partial charge in [-0.3, -0.25) is 29.0 Å². The number of hydrogen-bond acceptors (Lipinski definition) is 6. The minimum Gasteiger partial charge on any atom is -0.423 e. The maximum absolute atomic E-state index is 13.9. The number of likely N-dealkylation sites (tertiary alicyclic amines) is 2. The molecule has 1 saturated carbocycles. The van der Waals surface area contributed by atoms with Crippen LogP contribution in [0.4, 0.5) is 0 Å². The summed E-state index contributed by atoms with van der Waals surface area (Å²) in [5, 5.41) is 0. The third kappa shape index (κ3) is 3.93. The zero-order valence-electron chi connectivity index (χ0n) is 22.0. The Bertz CT molecular complexity index is 1520. The number of carbonyl (C=O) groups is 5. The van der Waals surface area contributed by atoms with Gasteiger partial charge in [0, 0.05) is 17.4 Å². The molecule has 3 aromatic rings. The van der Waals surface area contributed by atoms with Crippen molar-refractivity contribution < 1.29 is 28.7 Å². The first-order chi connectivity index (χ1) is 19.9. The number of rotatable bonds is 6. The Labute approximate surface area is 236 Å². The van der Waals surface area contributed by atoms with E-state index in [-0.39, 0.29) is 30.5 Å². The van der Waals surface area contributed by atoms with Crippen LogP contribution in [0.2, 0.25) is 0 Å². The summed E-state index contributed by atoms with van der Waals surface area (Å²) in [7, 11) is 0. The molecule has 0 spiro atoms. The van der Waals surface area contributed by atoms with Crippen molar-refractivity contribution in [1.82, 2.24) is 9.80 Å². The second kappa shape index (κ2) is 9.66. The fourth-order valence-corrected chi connectivity index (χ4v) is 7.18. The number of benzene rings is 3. The van der Waals surface area contributed by atoms with Crippen molar-refractivity contribution in [3.05, 3.63) is 114 Å². The van der Waals surface area contributed by atoms with Crippen LogP contribution >= 0.6 is 0 Å². The lowest BCUT2D eigenvalue weighted by atomic mass is 9.52. The third-order valence-corrected chi connectivity index (χ3v) is 8.87. The number of ether oxygens (including phenoxy) is 1. The first kappa shape index (κ1) is 25.1. The number of nitrogens with zero attached hydrogens (tertiary/aromatic N) is 2. The van der Waals surface area contributed by atoms with Gasteiger partial charge in [0.1, 0.15) is 5.75 Å². The van der Waals surface area contributed by atoms with Crippen LogP contribution in [0, 0.1) is 35.5 Å². The molecule has 2 saturated heterocycles. The molecule has 0 radical (unpaired) electrons. The molecule has 2 heterocycles. The maximum atomic E-state index is 13.9. The average Bonchev–Trinajstić information content (AvgIpc) is 3.41. The summed E-state index contributed by atoms with van der Waals surface area (Å²) >= 11 is 0. The van der Waals surface area contributed by atoms with E-state index >= 15 is 0 Å². The van der Waals surface area contributed by atoms with Crippen LogP contribution in [0.5, 0.6) is 5.75 Å². The highest BCUT2D eigenvalue weighted by Crippen LogP contribution is 2.60. The molecule has 5 aliphatic rings. The van der Waals surface area contributed by atoms with E-state index in [1.54, 1.807) is 36.4 Å². The number of hydrogen-bond donors (Lipinski definition) is 0. The van der Waals surface area contributed by atoms with E-state index in [0.717, 1.165) is 11.1 Å². The highest BCUT2D eigenvalue weighted by Gasteiger charge is 2.70. The van der Waals surface area contributed by atoms with Crippen LogP contribution in [0.3, 0.4) is 0 Å². The van der Waals surface area contributed by atoms with Crippen LogP contribution in [0.25, 0.3) is 0 Å². The molecule has 8 rings (SSSR count). The van der Waals surface area contributed by atoms with Gasteiger partial charge in [0.25, 0.3) is 0 Å². The molecule has 3 fully saturated rings. The van der Waals surface area contributed by atoms with E-state index in [0.29, 0.717) is 5.75 Å². The van der Waals surface area contributed by atoms with E-state index in [9.17, 15) is 24.0 Å². The molecule has 2 aliphatic heterocycles. The number of para-hydroxylation sites is 1. The van der Waals surface area contributed by atoms with Crippen molar-refractivity contribution in [1.29, 1.82) is 0 Å². The average molecular weight is 547 g/mol. The monoisotopic (exact) mass is 546 g/mol. The molecule has 0 aromatic heterocycles. The molecule has 3 unspecified atom stereocenters. The highest BCUT2D eigenvalue weighted by molar-refractivity contribution is 6.12. The predicted molar refractivity (Wildman–Crippen MR) is 145 cm³/mol. The summed E-state index contributed by atoms with van der Waals surface area (Å²) < 4.78 is 5.65. The van der Waals surface area contributed by atoms with Gasteiger partial charge < -0.3 is 4.74 Å². The summed E-state index contributed by atoms with van der Waals surface area (Å²) in [5.74, 6) is -7.13. The zero-order chi connectivity index (χ0) is 28.2. The lowest BCUT2D eigenvalue weighted by Gasteiger charge is -2.46. The molecule has 4 amide bonds. The van der Waals surface area contributed by atoms with Crippen molar-refractivity contribution in [2.24, 2.45) is 35.5 Å². The van der Waals surface area contributed by atoms with Crippen LogP contribution in [-0.2, 0) is 37.1 Å². The summed E-state index contributed by atoms with van der Waals surface area (Å²) in [6.45, 7) is 0.179. The third-order valence-electron chi connectivity index (χ3n) is 8.87. The Morgan fingerprint density at radius 1 is 0.561 bits per heavy atom. The van der Waals surface area contributed by atoms with Crippen LogP contribution in [0.1, 0.15) is 11.1 Å². The van der Waals surface area contributed by atoms with E-state index < -0.39 is 53.3 Å². The molecular formula is C33H26N2O6. The summed E-state index contributed by atoms with van der Waals surface area (Å²) in [4.78, 5) is 71.5. The van der Waals surface area contributed by atoms with Crippen molar-refractivity contribution in [3.8, 4) is 5.75 Å². The molecule has 0 N–H and O–H groups in total. The lowest BCUT2D eigenvalue weighted by Crippen LogP contribution is -2.53. The molecular weight excluding hydrogens is 520 g/mol. The standard InChI is InChI=1S/C33H26N2O6/c36-29-25-22-16-23(33(40)41-21-14-8-3-9-15-21)24(27(25)31(38)34(29)17-19-10-4-1-5-11-19)28-26(22)30(37)35(32(28)39)18-20-12-6-2-7-13-20/h1-16,22,24-28H,17-18H2/t22?,24?,25-,26?,27-,28-/m0/s1. The van der Waals surface area contributed by atoms with Gasteiger partial charge in [0.05, 0.1) is 36.8 Å². The van der Waals surface area contributed by atoms with Gasteiger partial charge >= 0.3 is 5.97 Å². The van der Waals surface area contributed by atoms with E-state index in [1.807, 2.05) is 60.7 Å². The zero-order valence-corrected chi connectivity index (χ0v) is 22.0. The second-order valence-electron chi connectivity index (χ2n) is 11.0. The first-order valence-corrected chi connectivity index (χ1v) is 13.7. The number of imide groups is 2. The molecule has 41 heavy (non-hydrogen) atoms. The van der Waals surface area contributed by atoms with Crippen LogP contribution < -0.4 is 4.74 Å². The summed E-state index contributed by atoms with van der Waals surface area (Å²) in [6, 6.07) is 26.9. The first-order valence-electron chi connectivity index (χ1n) is 13.7. The van der Waals surface area contributed by atoms with Gasteiger partial charge in [0.15, 0.2) is 0 Å². The van der Waals surface area contributed by atoms with Gasteiger partial charge in [-0.2, -0.15) is 0 Å². The van der Waals surface area contributed by atoms with Crippen LogP contribution in [-0.4, -0.2) is 39.4 Å². The minimum absolute atomic E-state index is 0.0894. The molecule has 8 nitrogen and oxygen atoms in total. The van der Waals surface area contributed by atoms with Crippen LogP contribution in [0.15, 0.2) is 103 Å². The Hall–Kier alpha value is -4.85. The van der Waals surface area contributed by atoms with E-state index in [4.69, 9.17) is 4.74 Å². The maximum Gasteiger partial charge on any atom is 0.339 e. The minimum atomic E-state index is -0.944. The molecule has 3 aliphatic carbocycles. The van der Waals surface area contributed by atoms with Gasteiger partial charge in [-0.1, -0.05) is 84.9 Å². The number of esters is 1. The Balaban J connectivity index is 1.27. The largest absolute Gasteiger partial charge is 0.423 e. The van der Waals surface area contributed by atoms with Crippen molar-refractivity contribution >= 4 is 29.6 Å². The Morgan fingerprint density at radius 2 is 0.976 bits per heavy atom. The SMILES string of the molecule is O=C(Oc1ccccc1)C1=CC2C3C(=O)N(Cc4ccccc4)C(=O)[C@H]3C1[C@@H]1C(=O)N(Cc3ccccc3)C(=O)[C@@H]21. The van der Waals surface area contributed by atoms with Crippen molar-refractivity contribution in [2.75, 3.05) is 0 Å². The molecule has 204 valence electrons. The summed E-state index contributed by atoms with van der Waals surface area (Å²) in [5.41, 5.74) is 1.77. The molecule has 6 atom stereocenters. The normalized spacial score (nSPS) is 28.0. The van der Waals surface area contributed by atoms with Gasteiger partial charge in [-0.25, -0.2) is 4.79 Å². The van der Waals surface area contributed by atoms with Crippen molar-refractivity contribution in [2.45, 2.75) is 13.1 Å².